The van der Waals surface area contributed by atoms with Crippen LogP contribution in [-0.2, 0) is 4.79 Å². The van der Waals surface area contributed by atoms with E-state index >= 15 is 0 Å². The normalized spacial score (nSPS) is 17.5. The number of carbonyl (C=O) groups is 1. The molecule has 0 saturated heterocycles. The number of hydrogen-bond donors (Lipinski definition) is 1. The van der Waals surface area contributed by atoms with Crippen LogP contribution in [0.1, 0.15) is 23.9 Å². The fraction of sp³-hybridized carbons (Fsp3) is 0.200. The highest BCUT2D eigenvalue weighted by molar-refractivity contribution is 8.45. The van der Waals surface area contributed by atoms with Crippen molar-refractivity contribution < 1.29 is 4.79 Å². The van der Waals surface area contributed by atoms with Gasteiger partial charge in [0.1, 0.15) is 0 Å². The van der Waals surface area contributed by atoms with Crippen LogP contribution in [0, 0.1) is 19.3 Å². The van der Waals surface area contributed by atoms with Crippen molar-refractivity contribution in [3.8, 4) is 5.69 Å². The van der Waals surface area contributed by atoms with Crippen molar-refractivity contribution in [2.24, 2.45) is 10.1 Å². The number of carbonyl (C=O) groups excluding carboxylic acids is 1. The van der Waals surface area contributed by atoms with Gasteiger partial charge in [0, 0.05) is 11.4 Å². The molecule has 1 aromatic heterocycles. The number of hydrazone groups is 1. The van der Waals surface area contributed by atoms with Crippen LogP contribution >= 0.6 is 46.7 Å². The van der Waals surface area contributed by atoms with Crippen molar-refractivity contribution in [2.45, 2.75) is 20.8 Å². The average Bonchev–Trinajstić information content (AvgIpc) is 3.22. The van der Waals surface area contributed by atoms with Crippen LogP contribution in [0.15, 0.2) is 39.9 Å². The summed E-state index contributed by atoms with van der Waals surface area (Å²) in [6.07, 6.45) is 1.69. The molecule has 6 nitrogen and oxygen atoms in total. The summed E-state index contributed by atoms with van der Waals surface area (Å²) in [5.74, 6) is 0.437. The number of rotatable bonds is 3. The van der Waals surface area contributed by atoms with Gasteiger partial charge in [-0.15, -0.1) is 5.10 Å². The SMILES string of the molecule is CCSC1=NN2C(=N)/C(=C\c3cc(C)n(-c4cccc(Cl)c4Cl)c3C)C(=O)N=C2S1. The van der Waals surface area contributed by atoms with Crippen LogP contribution in [0.2, 0.25) is 10.0 Å². The molecule has 0 unspecified atom stereocenters. The monoisotopic (exact) mass is 477 g/mol. The van der Waals surface area contributed by atoms with Gasteiger partial charge in [0.05, 0.1) is 21.3 Å². The lowest BCUT2D eigenvalue weighted by Gasteiger charge is -2.20. The zero-order chi connectivity index (χ0) is 21.6. The largest absolute Gasteiger partial charge is 0.316 e. The first kappa shape index (κ1) is 21.2. The standard InChI is InChI=1S/C20H17Cl2N5OS2/c1-4-29-20-25-27-17(23)13(18(28)24-19(27)30-20)9-12-8-10(2)26(11(12)3)15-7-5-6-14(21)16(15)22/h5-9,23H,4H2,1-3H3/b13-9+,23-17?. The van der Waals surface area contributed by atoms with Crippen LogP contribution in [0.25, 0.3) is 11.8 Å². The maximum atomic E-state index is 12.6. The predicted molar refractivity (Wildman–Crippen MR) is 128 cm³/mol. The molecule has 2 aliphatic heterocycles. The molecule has 30 heavy (non-hydrogen) atoms. The first-order chi connectivity index (χ1) is 14.3. The van der Waals surface area contributed by atoms with Crippen molar-refractivity contribution in [3.63, 3.8) is 0 Å². The van der Waals surface area contributed by atoms with Crippen molar-refractivity contribution in [1.29, 1.82) is 5.41 Å². The number of fused-ring (bicyclic) bond motifs is 1. The summed E-state index contributed by atoms with van der Waals surface area (Å²) in [6, 6.07) is 7.41. The van der Waals surface area contributed by atoms with Gasteiger partial charge in [-0.2, -0.15) is 10.0 Å². The molecule has 0 spiro atoms. The fourth-order valence-corrected chi connectivity index (χ4v) is 5.49. The Morgan fingerprint density at radius 1 is 1.30 bits per heavy atom. The van der Waals surface area contributed by atoms with E-state index in [9.17, 15) is 4.79 Å². The van der Waals surface area contributed by atoms with E-state index in [1.54, 1.807) is 23.9 Å². The highest BCUT2D eigenvalue weighted by Gasteiger charge is 2.35. The Labute approximate surface area is 192 Å². The summed E-state index contributed by atoms with van der Waals surface area (Å²) in [5, 5.41) is 15.7. The molecule has 1 aromatic carbocycles. The van der Waals surface area contributed by atoms with Crippen molar-refractivity contribution >= 4 is 74.1 Å². The number of aryl methyl sites for hydroxylation is 1. The summed E-state index contributed by atoms with van der Waals surface area (Å²) < 4.78 is 2.76. The Morgan fingerprint density at radius 3 is 2.80 bits per heavy atom. The Balaban J connectivity index is 1.75. The molecule has 2 aromatic rings. The predicted octanol–water partition coefficient (Wildman–Crippen LogP) is 5.73. The summed E-state index contributed by atoms with van der Waals surface area (Å²) >= 11 is 15.5. The molecule has 0 bridgehead atoms. The Hall–Kier alpha value is -2.00. The van der Waals surface area contributed by atoms with Crippen LogP contribution in [0.3, 0.4) is 0 Å². The highest BCUT2D eigenvalue weighted by atomic mass is 35.5. The molecular weight excluding hydrogens is 461 g/mol. The number of thioether (sulfide) groups is 2. The number of halogens is 2. The molecule has 0 radical (unpaired) electrons. The van der Waals surface area contributed by atoms with E-state index in [0.29, 0.717) is 15.2 Å². The van der Waals surface area contributed by atoms with Crippen molar-refractivity contribution in [1.82, 2.24) is 9.58 Å². The van der Waals surface area contributed by atoms with Gasteiger partial charge in [-0.3, -0.25) is 10.2 Å². The third-order valence-electron chi connectivity index (χ3n) is 4.65. The minimum Gasteiger partial charge on any atom is -0.316 e. The molecule has 4 rings (SSSR count). The minimum atomic E-state index is -0.442. The maximum absolute atomic E-state index is 12.6. The second-order valence-electron chi connectivity index (χ2n) is 6.55. The first-order valence-corrected chi connectivity index (χ1v) is 11.6. The van der Waals surface area contributed by atoms with Crippen LogP contribution in [0.5, 0.6) is 0 Å². The lowest BCUT2D eigenvalue weighted by Crippen LogP contribution is -2.35. The quantitative estimate of drug-likeness (QED) is 0.572. The van der Waals surface area contributed by atoms with Gasteiger partial charge in [0.2, 0.25) is 5.17 Å². The summed E-state index contributed by atoms with van der Waals surface area (Å²) in [5.41, 5.74) is 3.56. The lowest BCUT2D eigenvalue weighted by atomic mass is 10.1. The van der Waals surface area contributed by atoms with Gasteiger partial charge in [0.25, 0.3) is 5.91 Å². The van der Waals surface area contributed by atoms with E-state index in [1.807, 2.05) is 43.5 Å². The number of benzene rings is 1. The molecule has 1 N–H and O–H groups in total. The molecule has 0 fully saturated rings. The third-order valence-corrected chi connectivity index (χ3v) is 7.38. The summed E-state index contributed by atoms with van der Waals surface area (Å²) in [7, 11) is 0. The molecular formula is C20H17Cl2N5OS2. The lowest BCUT2D eigenvalue weighted by molar-refractivity contribution is -0.114. The van der Waals surface area contributed by atoms with Crippen molar-refractivity contribution in [2.75, 3.05) is 5.75 Å². The highest BCUT2D eigenvalue weighted by Crippen LogP contribution is 2.34. The average molecular weight is 478 g/mol. The van der Waals surface area contributed by atoms with Gasteiger partial charge in [-0.05, 0) is 61.2 Å². The van der Waals surface area contributed by atoms with E-state index < -0.39 is 5.91 Å². The molecule has 1 amide bonds. The number of aromatic nitrogens is 1. The Bertz CT molecular complexity index is 1180. The van der Waals surface area contributed by atoms with E-state index in [4.69, 9.17) is 28.6 Å². The minimum absolute atomic E-state index is 0.0230. The van der Waals surface area contributed by atoms with E-state index in [-0.39, 0.29) is 11.4 Å². The van der Waals surface area contributed by atoms with Gasteiger partial charge in [-0.1, -0.05) is 48.0 Å². The molecule has 3 heterocycles. The molecule has 0 saturated carbocycles. The maximum Gasteiger partial charge on any atom is 0.283 e. The smallest absolute Gasteiger partial charge is 0.283 e. The topological polar surface area (TPSA) is 73.8 Å². The number of nitrogens with zero attached hydrogens (tertiary/aromatic N) is 4. The summed E-state index contributed by atoms with van der Waals surface area (Å²) in [6.45, 7) is 5.91. The van der Waals surface area contributed by atoms with Crippen LogP contribution in [-0.4, -0.2) is 36.6 Å². The van der Waals surface area contributed by atoms with Gasteiger partial charge in [0.15, 0.2) is 10.2 Å². The van der Waals surface area contributed by atoms with Gasteiger partial charge < -0.3 is 4.57 Å². The first-order valence-electron chi connectivity index (χ1n) is 9.08. The third kappa shape index (κ3) is 3.62. The molecule has 154 valence electrons. The van der Waals surface area contributed by atoms with Crippen LogP contribution < -0.4 is 0 Å². The van der Waals surface area contributed by atoms with Gasteiger partial charge >= 0.3 is 0 Å². The molecule has 0 atom stereocenters. The summed E-state index contributed by atoms with van der Waals surface area (Å²) in [4.78, 5) is 16.8. The number of nitrogens with one attached hydrogen (secondary N) is 1. The number of hydrogen-bond acceptors (Lipinski definition) is 5. The second-order valence-corrected chi connectivity index (χ2v) is 9.81. The number of aliphatic imine (C=N–C) groups is 1. The second kappa shape index (κ2) is 8.26. The number of amides is 1. The Kier molecular flexibility index (Phi) is 5.85. The molecule has 0 aliphatic carbocycles. The number of amidine groups is 2. The van der Waals surface area contributed by atoms with Gasteiger partial charge in [-0.25, -0.2) is 0 Å². The fourth-order valence-electron chi connectivity index (χ4n) is 3.28. The Morgan fingerprint density at radius 2 is 2.07 bits per heavy atom. The van der Waals surface area contributed by atoms with E-state index in [2.05, 4.69) is 10.1 Å². The van der Waals surface area contributed by atoms with Crippen LogP contribution in [0.4, 0.5) is 0 Å². The zero-order valence-corrected chi connectivity index (χ0v) is 19.5. The molecule has 2 aliphatic rings. The van der Waals surface area contributed by atoms with Crippen molar-refractivity contribution in [3.05, 3.63) is 56.8 Å². The van der Waals surface area contributed by atoms with E-state index in [0.717, 1.165) is 32.8 Å². The van der Waals surface area contributed by atoms with E-state index in [1.165, 1.54) is 16.8 Å². The molecule has 10 heteroatoms. The zero-order valence-electron chi connectivity index (χ0n) is 16.4.